The largest absolute Gasteiger partial charge is 0.497 e. The molecular weight excluding hydrogens is 506 g/mol. The van der Waals surface area contributed by atoms with Crippen molar-refractivity contribution < 1.29 is 18.7 Å². The van der Waals surface area contributed by atoms with E-state index in [-0.39, 0.29) is 31.3 Å². The molecule has 2 amide bonds. The summed E-state index contributed by atoms with van der Waals surface area (Å²) < 4.78 is 10.7. The summed E-state index contributed by atoms with van der Waals surface area (Å²) in [5, 5.41) is 8.89. The molecule has 0 unspecified atom stereocenters. The molecule has 0 saturated carbocycles. The van der Waals surface area contributed by atoms with Crippen molar-refractivity contribution in [2.24, 2.45) is 0 Å². The summed E-state index contributed by atoms with van der Waals surface area (Å²) in [5.41, 5.74) is 2.66. The Morgan fingerprint density at radius 2 is 1.73 bits per heavy atom. The van der Waals surface area contributed by atoms with Crippen LogP contribution in [0.4, 0.5) is 5.82 Å². The first-order valence-corrected chi connectivity index (χ1v) is 13.4. The van der Waals surface area contributed by atoms with Crippen molar-refractivity contribution in [3.63, 3.8) is 0 Å². The van der Waals surface area contributed by atoms with E-state index in [1.165, 1.54) is 0 Å². The van der Waals surface area contributed by atoms with Gasteiger partial charge in [-0.25, -0.2) is 0 Å². The van der Waals surface area contributed by atoms with E-state index < -0.39 is 0 Å². The molecule has 5 rings (SSSR count). The molecule has 2 aromatic carbocycles. The molecule has 1 saturated heterocycles. The van der Waals surface area contributed by atoms with Gasteiger partial charge in [-0.05, 0) is 60.5 Å². The molecule has 1 aliphatic heterocycles. The van der Waals surface area contributed by atoms with Crippen molar-refractivity contribution in [1.82, 2.24) is 20.0 Å². The number of methoxy groups -OCH3 is 1. The highest BCUT2D eigenvalue weighted by atomic mass is 16.5. The van der Waals surface area contributed by atoms with Gasteiger partial charge in [-0.2, -0.15) is 0 Å². The summed E-state index contributed by atoms with van der Waals surface area (Å²) in [5.74, 6) is 2.04. The number of benzene rings is 2. The maximum Gasteiger partial charge on any atom is 0.242 e. The third-order valence-corrected chi connectivity index (χ3v) is 7.01. The Morgan fingerprint density at radius 3 is 2.42 bits per heavy atom. The molecule has 1 aliphatic rings. The van der Waals surface area contributed by atoms with Gasteiger partial charge >= 0.3 is 0 Å². The average molecular weight is 540 g/mol. The lowest BCUT2D eigenvalue weighted by Gasteiger charge is -2.27. The van der Waals surface area contributed by atoms with Gasteiger partial charge in [-0.1, -0.05) is 30.3 Å². The zero-order valence-electron chi connectivity index (χ0n) is 22.6. The van der Waals surface area contributed by atoms with E-state index in [2.05, 4.69) is 15.1 Å². The summed E-state index contributed by atoms with van der Waals surface area (Å²) in [6.07, 6.45) is 2.60. The molecule has 0 N–H and O–H groups in total. The highest BCUT2D eigenvalue weighted by Gasteiger charge is 2.25. The second-order valence-electron chi connectivity index (χ2n) is 9.72. The van der Waals surface area contributed by atoms with E-state index >= 15 is 0 Å². The number of furan rings is 1. The SMILES string of the molecule is COc1ccc(-c2ccc(N3CCCN(C(=O)CN(Cc4ccco4)C(=O)Cc4ccccc4)CC3)nn2)cc1. The standard InChI is InChI=1S/C31H33N5O4/c1-39-26-12-10-25(11-13-26)28-14-15-29(33-32-28)34-16-6-17-35(19-18-34)31(38)23-36(22-27-9-5-20-40-27)30(37)21-24-7-3-2-4-8-24/h2-5,7-15,20H,6,16-19,21-23H2,1H3. The second kappa shape index (κ2) is 12.9. The van der Waals surface area contributed by atoms with Gasteiger partial charge in [0.05, 0.1) is 32.0 Å². The van der Waals surface area contributed by atoms with Crippen molar-refractivity contribution in [3.05, 3.63) is 96.4 Å². The van der Waals surface area contributed by atoms with E-state index in [9.17, 15) is 9.59 Å². The van der Waals surface area contributed by atoms with E-state index in [1.54, 1.807) is 24.3 Å². The lowest BCUT2D eigenvalue weighted by atomic mass is 10.1. The Morgan fingerprint density at radius 1 is 0.900 bits per heavy atom. The van der Waals surface area contributed by atoms with Crippen molar-refractivity contribution in [2.75, 3.05) is 44.7 Å². The summed E-state index contributed by atoms with van der Waals surface area (Å²) >= 11 is 0. The Balaban J connectivity index is 1.20. The highest BCUT2D eigenvalue weighted by Crippen LogP contribution is 2.22. The molecule has 0 radical (unpaired) electrons. The van der Waals surface area contributed by atoms with E-state index in [0.717, 1.165) is 41.4 Å². The Kier molecular flexibility index (Phi) is 8.70. The molecule has 40 heavy (non-hydrogen) atoms. The van der Waals surface area contributed by atoms with Crippen LogP contribution < -0.4 is 9.64 Å². The van der Waals surface area contributed by atoms with Gasteiger partial charge in [0, 0.05) is 31.7 Å². The van der Waals surface area contributed by atoms with Gasteiger partial charge in [0.1, 0.15) is 18.1 Å². The van der Waals surface area contributed by atoms with Crippen molar-refractivity contribution >= 4 is 17.6 Å². The quantitative estimate of drug-likeness (QED) is 0.317. The maximum atomic E-state index is 13.4. The van der Waals surface area contributed by atoms with Crippen LogP contribution in [0.5, 0.6) is 5.75 Å². The molecule has 0 atom stereocenters. The minimum Gasteiger partial charge on any atom is -0.497 e. The topological polar surface area (TPSA) is 92.0 Å². The van der Waals surface area contributed by atoms with Crippen LogP contribution in [0.2, 0.25) is 0 Å². The fourth-order valence-corrected chi connectivity index (χ4v) is 4.77. The van der Waals surface area contributed by atoms with Gasteiger partial charge < -0.3 is 23.9 Å². The first-order valence-electron chi connectivity index (χ1n) is 13.4. The number of hydrogen-bond donors (Lipinski definition) is 0. The van der Waals surface area contributed by atoms with Crippen molar-refractivity contribution in [1.29, 1.82) is 0 Å². The maximum absolute atomic E-state index is 13.4. The molecule has 206 valence electrons. The Bertz CT molecular complexity index is 1380. The molecule has 0 spiro atoms. The van der Waals surface area contributed by atoms with Gasteiger partial charge in [0.25, 0.3) is 0 Å². The highest BCUT2D eigenvalue weighted by molar-refractivity contribution is 5.86. The molecule has 3 heterocycles. The molecule has 2 aromatic heterocycles. The molecule has 9 heteroatoms. The second-order valence-corrected chi connectivity index (χ2v) is 9.72. The predicted octanol–water partition coefficient (Wildman–Crippen LogP) is 4.06. The van der Waals surface area contributed by atoms with Crippen molar-refractivity contribution in [3.8, 4) is 17.0 Å². The summed E-state index contributed by atoms with van der Waals surface area (Å²) in [7, 11) is 1.64. The minimum absolute atomic E-state index is 0.00271. The van der Waals surface area contributed by atoms with Crippen LogP contribution in [0, 0.1) is 0 Å². The lowest BCUT2D eigenvalue weighted by molar-refractivity contribution is -0.140. The molecular formula is C31H33N5O4. The van der Waals surface area contributed by atoms with Gasteiger partial charge in [0.15, 0.2) is 5.82 Å². The number of nitrogens with zero attached hydrogens (tertiary/aromatic N) is 5. The number of amides is 2. The number of anilines is 1. The van der Waals surface area contributed by atoms with Crippen LogP contribution in [-0.4, -0.2) is 71.6 Å². The number of rotatable bonds is 9. The fourth-order valence-electron chi connectivity index (χ4n) is 4.77. The molecule has 9 nitrogen and oxygen atoms in total. The lowest BCUT2D eigenvalue weighted by Crippen LogP contribution is -2.44. The molecule has 1 fully saturated rings. The summed E-state index contributed by atoms with van der Waals surface area (Å²) in [6.45, 7) is 2.82. The van der Waals surface area contributed by atoms with Gasteiger partial charge in [-0.15, -0.1) is 10.2 Å². The first-order chi connectivity index (χ1) is 19.6. The number of ether oxygens (including phenoxy) is 1. The summed E-state index contributed by atoms with van der Waals surface area (Å²) in [6, 6.07) is 24.8. The number of carbonyl (C=O) groups excluding carboxylic acids is 2. The van der Waals surface area contributed by atoms with E-state index in [1.807, 2.05) is 77.7 Å². The van der Waals surface area contributed by atoms with Crippen molar-refractivity contribution in [2.45, 2.75) is 19.4 Å². The summed E-state index contributed by atoms with van der Waals surface area (Å²) in [4.78, 5) is 32.2. The minimum atomic E-state index is -0.111. The Labute approximate surface area is 234 Å². The zero-order chi connectivity index (χ0) is 27.7. The van der Waals surface area contributed by atoms with Crippen LogP contribution >= 0.6 is 0 Å². The molecule has 4 aromatic rings. The number of aromatic nitrogens is 2. The number of hydrogen-bond acceptors (Lipinski definition) is 7. The first kappa shape index (κ1) is 26.9. The van der Waals surface area contributed by atoms with E-state index in [0.29, 0.717) is 25.4 Å². The monoisotopic (exact) mass is 539 g/mol. The van der Waals surface area contributed by atoms with Crippen LogP contribution in [-0.2, 0) is 22.6 Å². The molecule has 0 bridgehead atoms. The smallest absolute Gasteiger partial charge is 0.242 e. The number of carbonyl (C=O) groups is 2. The van der Waals surface area contributed by atoms with E-state index in [4.69, 9.17) is 9.15 Å². The third-order valence-electron chi connectivity index (χ3n) is 7.01. The Hall–Kier alpha value is -4.66. The van der Waals surface area contributed by atoms with Crippen LogP contribution in [0.3, 0.4) is 0 Å². The van der Waals surface area contributed by atoms with Crippen LogP contribution in [0.15, 0.2) is 89.5 Å². The molecule has 0 aliphatic carbocycles. The zero-order valence-corrected chi connectivity index (χ0v) is 22.6. The van der Waals surface area contributed by atoms with Gasteiger partial charge in [-0.3, -0.25) is 9.59 Å². The normalized spacial score (nSPS) is 13.5. The third kappa shape index (κ3) is 6.85. The fraction of sp³-hybridized carbons (Fsp3) is 0.290. The van der Waals surface area contributed by atoms with Crippen LogP contribution in [0.1, 0.15) is 17.7 Å². The van der Waals surface area contributed by atoms with Crippen LogP contribution in [0.25, 0.3) is 11.3 Å². The van der Waals surface area contributed by atoms with Gasteiger partial charge in [0.2, 0.25) is 11.8 Å². The average Bonchev–Trinajstić information content (AvgIpc) is 3.38. The predicted molar refractivity (Wildman–Crippen MR) is 152 cm³/mol.